The Kier molecular flexibility index (Phi) is 6.40. The van der Waals surface area contributed by atoms with E-state index in [1.54, 1.807) is 18.4 Å². The number of hydrogen-bond donors (Lipinski definition) is 1. The molecule has 0 saturated carbocycles. The van der Waals surface area contributed by atoms with Gasteiger partial charge in [-0.15, -0.1) is 0 Å². The summed E-state index contributed by atoms with van der Waals surface area (Å²) in [5.74, 6) is 1.05. The van der Waals surface area contributed by atoms with Crippen LogP contribution < -0.4 is 0 Å². The average molecular weight is 237 g/mol. The van der Waals surface area contributed by atoms with Gasteiger partial charge in [0.15, 0.2) is 0 Å². The maximum atomic E-state index is 8.46. The minimum atomic E-state index is 1.00. The maximum Gasteiger partial charge on any atom is 0.101 e. The van der Waals surface area contributed by atoms with Gasteiger partial charge in [0.1, 0.15) is 5.84 Å². The molecule has 0 spiro atoms. The van der Waals surface area contributed by atoms with Gasteiger partial charge in [0.2, 0.25) is 0 Å². The minimum Gasteiger partial charge on any atom is -0.516 e. The third kappa shape index (κ3) is 5.04. The summed E-state index contributed by atoms with van der Waals surface area (Å²) >= 11 is 0. The smallest absolute Gasteiger partial charge is 0.101 e. The molecule has 1 fully saturated rings. The highest BCUT2D eigenvalue weighted by Crippen LogP contribution is 2.03. The Labute approximate surface area is 104 Å². The molecule has 4 heteroatoms. The number of aliphatic imine (C=N–C) groups is 1. The van der Waals surface area contributed by atoms with Crippen molar-refractivity contribution in [2.45, 2.75) is 20.3 Å². The Hall–Kier alpha value is -1.29. The monoisotopic (exact) mass is 237 g/mol. The van der Waals surface area contributed by atoms with Crippen LogP contribution in [0.3, 0.4) is 0 Å². The molecule has 0 amide bonds. The summed E-state index contributed by atoms with van der Waals surface area (Å²) in [6.07, 6.45) is 7.21. The van der Waals surface area contributed by atoms with Crippen LogP contribution >= 0.6 is 0 Å². The van der Waals surface area contributed by atoms with Crippen molar-refractivity contribution in [3.8, 4) is 0 Å². The highest BCUT2D eigenvalue weighted by molar-refractivity contribution is 5.80. The van der Waals surface area contributed by atoms with E-state index < -0.39 is 0 Å². The molecular weight excluding hydrogens is 214 g/mol. The first kappa shape index (κ1) is 13.8. The van der Waals surface area contributed by atoms with Crippen LogP contribution in [0.4, 0.5) is 0 Å². The third-order valence-corrected chi connectivity index (χ3v) is 2.91. The van der Waals surface area contributed by atoms with E-state index in [9.17, 15) is 0 Å². The first-order valence-corrected chi connectivity index (χ1v) is 6.25. The topological polar surface area (TPSA) is 39.1 Å². The lowest BCUT2D eigenvalue weighted by atomic mass is 10.3. The Morgan fingerprint density at radius 3 is 2.53 bits per heavy atom. The average Bonchev–Trinajstić information content (AvgIpc) is 2.36. The zero-order valence-corrected chi connectivity index (χ0v) is 10.8. The first-order valence-electron chi connectivity index (χ1n) is 6.25. The molecule has 1 aliphatic heterocycles. The largest absolute Gasteiger partial charge is 0.516 e. The van der Waals surface area contributed by atoms with Crippen LogP contribution in [0.15, 0.2) is 29.6 Å². The summed E-state index contributed by atoms with van der Waals surface area (Å²) in [6, 6.07) is 0. The van der Waals surface area contributed by atoms with Crippen molar-refractivity contribution >= 4 is 5.84 Å². The minimum absolute atomic E-state index is 1.00. The van der Waals surface area contributed by atoms with Gasteiger partial charge in [-0.3, -0.25) is 4.90 Å². The van der Waals surface area contributed by atoms with Gasteiger partial charge in [0.05, 0.1) is 6.26 Å². The fourth-order valence-electron chi connectivity index (χ4n) is 1.94. The molecular formula is C13H23N3O. The molecule has 0 aromatic rings. The van der Waals surface area contributed by atoms with Crippen molar-refractivity contribution in [2.24, 2.45) is 4.99 Å². The second-order valence-electron chi connectivity index (χ2n) is 4.19. The number of aliphatic hydroxyl groups is 1. The number of rotatable bonds is 4. The highest BCUT2D eigenvalue weighted by atomic mass is 16.2. The zero-order chi connectivity index (χ0) is 12.5. The zero-order valence-electron chi connectivity index (χ0n) is 10.8. The third-order valence-electron chi connectivity index (χ3n) is 2.91. The molecule has 0 bridgehead atoms. The first-order chi connectivity index (χ1) is 8.27. The molecule has 0 atom stereocenters. The van der Waals surface area contributed by atoms with Crippen molar-refractivity contribution in [1.82, 2.24) is 9.80 Å². The molecule has 1 aliphatic rings. The summed E-state index contributed by atoms with van der Waals surface area (Å²) < 4.78 is 0. The van der Waals surface area contributed by atoms with E-state index in [0.29, 0.717) is 0 Å². The lowest BCUT2D eigenvalue weighted by Crippen LogP contribution is -2.48. The van der Waals surface area contributed by atoms with E-state index in [2.05, 4.69) is 21.7 Å². The van der Waals surface area contributed by atoms with E-state index in [1.165, 1.54) is 13.0 Å². The standard InChI is InChI=1S/C13H23N3O/c1-3-7-15-8-10-16(11-9-15)13(2)14-6-4-5-12-17/h4-6,12,17H,3,7-11H2,1-2H3/b6-4-,12-5+,14-13?. The quantitative estimate of drug-likeness (QED) is 0.352. The van der Waals surface area contributed by atoms with E-state index >= 15 is 0 Å². The van der Waals surface area contributed by atoms with Gasteiger partial charge >= 0.3 is 0 Å². The van der Waals surface area contributed by atoms with Gasteiger partial charge in [-0.2, -0.15) is 0 Å². The highest BCUT2D eigenvalue weighted by Gasteiger charge is 2.16. The number of aliphatic hydroxyl groups excluding tert-OH is 1. The molecule has 0 aromatic carbocycles. The summed E-state index contributed by atoms with van der Waals surface area (Å²) in [7, 11) is 0. The number of amidine groups is 1. The summed E-state index contributed by atoms with van der Waals surface area (Å²) in [5, 5.41) is 8.46. The Morgan fingerprint density at radius 1 is 1.24 bits per heavy atom. The van der Waals surface area contributed by atoms with Crippen molar-refractivity contribution < 1.29 is 5.11 Å². The second kappa shape index (κ2) is 7.90. The molecule has 17 heavy (non-hydrogen) atoms. The number of piperazine rings is 1. The van der Waals surface area contributed by atoms with Crippen LogP contribution in [0, 0.1) is 0 Å². The molecule has 0 aromatic heterocycles. The Bertz CT molecular complexity index is 289. The van der Waals surface area contributed by atoms with E-state index in [1.807, 2.05) is 6.92 Å². The normalized spacial score (nSPS) is 19.6. The predicted octanol–water partition coefficient (Wildman–Crippen LogP) is 2.02. The molecule has 96 valence electrons. The van der Waals surface area contributed by atoms with Gasteiger partial charge in [-0.1, -0.05) is 6.92 Å². The summed E-state index contributed by atoms with van der Waals surface area (Å²) in [6.45, 7) is 9.81. The van der Waals surface area contributed by atoms with Crippen molar-refractivity contribution in [3.63, 3.8) is 0 Å². The molecule has 0 unspecified atom stereocenters. The van der Waals surface area contributed by atoms with Gasteiger partial charge < -0.3 is 10.0 Å². The van der Waals surface area contributed by atoms with Crippen molar-refractivity contribution in [3.05, 3.63) is 24.6 Å². The number of nitrogens with zero attached hydrogens (tertiary/aromatic N) is 3. The fraction of sp³-hybridized carbons (Fsp3) is 0.615. The molecule has 0 aliphatic carbocycles. The number of hydrogen-bond acceptors (Lipinski definition) is 3. The van der Waals surface area contributed by atoms with Crippen LogP contribution in [-0.4, -0.2) is 53.5 Å². The van der Waals surface area contributed by atoms with Gasteiger partial charge in [0, 0.05) is 32.4 Å². The fourth-order valence-corrected chi connectivity index (χ4v) is 1.94. The van der Waals surface area contributed by atoms with Gasteiger partial charge in [-0.25, -0.2) is 4.99 Å². The van der Waals surface area contributed by atoms with Crippen LogP contribution in [0.2, 0.25) is 0 Å². The molecule has 1 N–H and O–H groups in total. The maximum absolute atomic E-state index is 8.46. The summed E-state index contributed by atoms with van der Waals surface area (Å²) in [5.41, 5.74) is 0. The van der Waals surface area contributed by atoms with Crippen LogP contribution in [0.5, 0.6) is 0 Å². The van der Waals surface area contributed by atoms with E-state index in [4.69, 9.17) is 5.11 Å². The summed E-state index contributed by atoms with van der Waals surface area (Å²) in [4.78, 5) is 9.14. The molecule has 4 nitrogen and oxygen atoms in total. The van der Waals surface area contributed by atoms with Crippen LogP contribution in [-0.2, 0) is 0 Å². The lowest BCUT2D eigenvalue weighted by Gasteiger charge is -2.35. The molecule has 1 heterocycles. The van der Waals surface area contributed by atoms with Crippen molar-refractivity contribution in [1.29, 1.82) is 0 Å². The lowest BCUT2D eigenvalue weighted by molar-refractivity contribution is 0.182. The SMILES string of the molecule is CCCN1CCN(C(C)=N/C=C\C=C\O)CC1. The molecule has 1 rings (SSSR count). The van der Waals surface area contributed by atoms with Crippen LogP contribution in [0.25, 0.3) is 0 Å². The van der Waals surface area contributed by atoms with Gasteiger partial charge in [-0.05, 0) is 32.0 Å². The van der Waals surface area contributed by atoms with Gasteiger partial charge in [0.25, 0.3) is 0 Å². The second-order valence-corrected chi connectivity index (χ2v) is 4.19. The van der Waals surface area contributed by atoms with E-state index in [-0.39, 0.29) is 0 Å². The van der Waals surface area contributed by atoms with Crippen LogP contribution in [0.1, 0.15) is 20.3 Å². The van der Waals surface area contributed by atoms with Crippen molar-refractivity contribution in [2.75, 3.05) is 32.7 Å². The predicted molar refractivity (Wildman–Crippen MR) is 72.3 cm³/mol. The Balaban J connectivity index is 2.37. The Morgan fingerprint density at radius 2 is 1.94 bits per heavy atom. The molecule has 1 saturated heterocycles. The molecule has 0 radical (unpaired) electrons. The van der Waals surface area contributed by atoms with E-state index in [0.717, 1.165) is 38.3 Å². The number of allylic oxidation sites excluding steroid dienone is 2.